The van der Waals surface area contributed by atoms with Crippen molar-refractivity contribution in [2.24, 2.45) is 0 Å². The number of halogens is 1. The zero-order valence-corrected chi connectivity index (χ0v) is 14.2. The molecule has 1 amide bonds. The minimum Gasteiger partial charge on any atom is -0.497 e. The average molecular weight is 343 g/mol. The first-order valence-corrected chi connectivity index (χ1v) is 8.30. The second-order valence-corrected chi connectivity index (χ2v) is 6.03. The lowest BCUT2D eigenvalue weighted by molar-refractivity contribution is -0.118. The summed E-state index contributed by atoms with van der Waals surface area (Å²) in [5.41, 5.74) is 1.57. The fourth-order valence-corrected chi connectivity index (χ4v) is 3.06. The van der Waals surface area contributed by atoms with Gasteiger partial charge in [-0.05, 0) is 29.8 Å². The van der Waals surface area contributed by atoms with Gasteiger partial charge < -0.3 is 15.4 Å². The molecule has 6 heteroatoms. The standard InChI is InChI=1S/C19H22FN3O2/c1-25-17-7-3-6-16(11-17)22-19(24)13-23-9-8-21-12-18(23)14-4-2-5-15(20)10-14/h2-7,10-11,18,21H,8-9,12-13H2,1H3,(H,22,24). The quantitative estimate of drug-likeness (QED) is 0.875. The van der Waals surface area contributed by atoms with Gasteiger partial charge in [0.1, 0.15) is 11.6 Å². The van der Waals surface area contributed by atoms with E-state index in [1.165, 1.54) is 12.1 Å². The van der Waals surface area contributed by atoms with Gasteiger partial charge in [-0.15, -0.1) is 0 Å². The molecule has 2 N–H and O–H groups in total. The number of hydrogen-bond donors (Lipinski definition) is 2. The molecule has 132 valence electrons. The Morgan fingerprint density at radius 2 is 2.16 bits per heavy atom. The smallest absolute Gasteiger partial charge is 0.238 e. The number of methoxy groups -OCH3 is 1. The van der Waals surface area contributed by atoms with Gasteiger partial charge in [0.05, 0.1) is 13.7 Å². The molecule has 5 nitrogen and oxygen atoms in total. The lowest BCUT2D eigenvalue weighted by Gasteiger charge is -2.36. The fraction of sp³-hybridized carbons (Fsp3) is 0.316. The minimum absolute atomic E-state index is 0.0273. The summed E-state index contributed by atoms with van der Waals surface area (Å²) in [6.07, 6.45) is 0. The van der Waals surface area contributed by atoms with E-state index in [1.807, 2.05) is 24.3 Å². The monoisotopic (exact) mass is 343 g/mol. The average Bonchev–Trinajstić information content (AvgIpc) is 2.62. The van der Waals surface area contributed by atoms with E-state index in [2.05, 4.69) is 15.5 Å². The summed E-state index contributed by atoms with van der Waals surface area (Å²) < 4.78 is 18.7. The molecular formula is C19H22FN3O2. The van der Waals surface area contributed by atoms with Crippen molar-refractivity contribution in [1.82, 2.24) is 10.2 Å². The molecule has 0 aliphatic carbocycles. The van der Waals surface area contributed by atoms with Crippen LogP contribution in [0.1, 0.15) is 11.6 Å². The summed E-state index contributed by atoms with van der Waals surface area (Å²) in [4.78, 5) is 14.5. The zero-order valence-electron chi connectivity index (χ0n) is 14.2. The van der Waals surface area contributed by atoms with Crippen molar-refractivity contribution in [2.45, 2.75) is 6.04 Å². The molecular weight excluding hydrogens is 321 g/mol. The molecule has 1 aliphatic rings. The molecule has 2 aromatic carbocycles. The lowest BCUT2D eigenvalue weighted by Crippen LogP contribution is -2.48. The lowest BCUT2D eigenvalue weighted by atomic mass is 10.0. The van der Waals surface area contributed by atoms with Crippen LogP contribution in [0, 0.1) is 5.82 Å². The predicted octanol–water partition coefficient (Wildman–Crippen LogP) is 2.42. The van der Waals surface area contributed by atoms with Crippen LogP contribution in [0.3, 0.4) is 0 Å². The maximum Gasteiger partial charge on any atom is 0.238 e. The van der Waals surface area contributed by atoms with Crippen LogP contribution < -0.4 is 15.4 Å². The number of carbonyl (C=O) groups is 1. The Hall–Kier alpha value is -2.44. The molecule has 1 heterocycles. The SMILES string of the molecule is COc1cccc(NC(=O)CN2CCNCC2c2cccc(F)c2)c1. The Morgan fingerprint density at radius 3 is 2.96 bits per heavy atom. The van der Waals surface area contributed by atoms with Crippen LogP contribution in [0.5, 0.6) is 5.75 Å². The third kappa shape index (κ3) is 4.55. The van der Waals surface area contributed by atoms with Crippen LogP contribution in [-0.2, 0) is 4.79 Å². The zero-order chi connectivity index (χ0) is 17.6. The van der Waals surface area contributed by atoms with Crippen LogP contribution in [0.25, 0.3) is 0 Å². The number of rotatable bonds is 5. The number of piperazine rings is 1. The van der Waals surface area contributed by atoms with Crippen LogP contribution in [0.15, 0.2) is 48.5 Å². The number of hydrogen-bond acceptors (Lipinski definition) is 4. The molecule has 0 aromatic heterocycles. The van der Waals surface area contributed by atoms with Gasteiger partial charge in [-0.25, -0.2) is 4.39 Å². The van der Waals surface area contributed by atoms with Crippen molar-refractivity contribution >= 4 is 11.6 Å². The molecule has 3 rings (SSSR count). The topological polar surface area (TPSA) is 53.6 Å². The second-order valence-electron chi connectivity index (χ2n) is 6.03. The van der Waals surface area contributed by atoms with Gasteiger partial charge >= 0.3 is 0 Å². The molecule has 1 aliphatic heterocycles. The van der Waals surface area contributed by atoms with Crippen molar-refractivity contribution in [3.63, 3.8) is 0 Å². The van der Waals surface area contributed by atoms with Gasteiger partial charge in [-0.3, -0.25) is 9.69 Å². The van der Waals surface area contributed by atoms with Crippen molar-refractivity contribution in [1.29, 1.82) is 0 Å². The number of carbonyl (C=O) groups excluding carboxylic acids is 1. The molecule has 0 spiro atoms. The van der Waals surface area contributed by atoms with E-state index in [0.717, 1.165) is 18.7 Å². The third-order valence-corrected chi connectivity index (χ3v) is 4.29. The van der Waals surface area contributed by atoms with Crippen LogP contribution in [0.4, 0.5) is 10.1 Å². The van der Waals surface area contributed by atoms with Crippen LogP contribution in [-0.4, -0.2) is 44.1 Å². The van der Waals surface area contributed by atoms with E-state index in [4.69, 9.17) is 4.74 Å². The molecule has 1 atom stereocenters. The molecule has 1 fully saturated rings. The Balaban J connectivity index is 1.67. The Kier molecular flexibility index (Phi) is 5.63. The molecule has 25 heavy (non-hydrogen) atoms. The maximum absolute atomic E-state index is 13.5. The number of anilines is 1. The highest BCUT2D eigenvalue weighted by atomic mass is 19.1. The van der Waals surface area contributed by atoms with Crippen molar-refractivity contribution < 1.29 is 13.9 Å². The highest BCUT2D eigenvalue weighted by Gasteiger charge is 2.25. The van der Waals surface area contributed by atoms with Crippen LogP contribution in [0.2, 0.25) is 0 Å². The normalized spacial score (nSPS) is 17.9. The number of benzene rings is 2. The largest absolute Gasteiger partial charge is 0.497 e. The van der Waals surface area contributed by atoms with E-state index in [9.17, 15) is 9.18 Å². The second kappa shape index (κ2) is 8.09. The third-order valence-electron chi connectivity index (χ3n) is 4.29. The molecule has 0 bridgehead atoms. The Labute approximate surface area is 146 Å². The summed E-state index contributed by atoms with van der Waals surface area (Å²) in [7, 11) is 1.59. The maximum atomic E-state index is 13.5. The van der Waals surface area contributed by atoms with Gasteiger partial charge in [0, 0.05) is 37.4 Å². The summed E-state index contributed by atoms with van der Waals surface area (Å²) in [6.45, 7) is 2.47. The van der Waals surface area contributed by atoms with E-state index in [0.29, 0.717) is 18.0 Å². The van der Waals surface area contributed by atoms with Gasteiger partial charge in [0.25, 0.3) is 0 Å². The fourth-order valence-electron chi connectivity index (χ4n) is 3.06. The van der Waals surface area contributed by atoms with Crippen LogP contribution >= 0.6 is 0 Å². The number of amides is 1. The summed E-state index contributed by atoms with van der Waals surface area (Å²) in [6, 6.07) is 13.8. The van der Waals surface area contributed by atoms with E-state index in [1.54, 1.807) is 19.2 Å². The molecule has 1 saturated heterocycles. The molecule has 2 aromatic rings. The Bertz CT molecular complexity index is 738. The van der Waals surface area contributed by atoms with Gasteiger partial charge in [-0.1, -0.05) is 18.2 Å². The highest BCUT2D eigenvalue weighted by molar-refractivity contribution is 5.92. The predicted molar refractivity (Wildman–Crippen MR) is 95.2 cm³/mol. The van der Waals surface area contributed by atoms with Gasteiger partial charge in [0.15, 0.2) is 0 Å². The first-order valence-electron chi connectivity index (χ1n) is 8.30. The number of nitrogens with one attached hydrogen (secondary N) is 2. The van der Waals surface area contributed by atoms with Gasteiger partial charge in [-0.2, -0.15) is 0 Å². The summed E-state index contributed by atoms with van der Waals surface area (Å²) in [5.74, 6) is 0.332. The first kappa shape index (κ1) is 17.4. The first-order chi connectivity index (χ1) is 12.2. The Morgan fingerprint density at radius 1 is 1.32 bits per heavy atom. The summed E-state index contributed by atoms with van der Waals surface area (Å²) >= 11 is 0. The summed E-state index contributed by atoms with van der Waals surface area (Å²) in [5, 5.41) is 6.20. The van der Waals surface area contributed by atoms with E-state index in [-0.39, 0.29) is 24.3 Å². The van der Waals surface area contributed by atoms with E-state index < -0.39 is 0 Å². The van der Waals surface area contributed by atoms with Crippen molar-refractivity contribution in [2.75, 3.05) is 38.6 Å². The minimum atomic E-state index is -0.260. The highest BCUT2D eigenvalue weighted by Crippen LogP contribution is 2.23. The van der Waals surface area contributed by atoms with Gasteiger partial charge in [0.2, 0.25) is 5.91 Å². The molecule has 0 radical (unpaired) electrons. The molecule has 0 saturated carbocycles. The number of ether oxygens (including phenoxy) is 1. The molecule has 1 unspecified atom stereocenters. The van der Waals surface area contributed by atoms with Crippen molar-refractivity contribution in [3.8, 4) is 5.75 Å². The van der Waals surface area contributed by atoms with E-state index >= 15 is 0 Å². The van der Waals surface area contributed by atoms with Crippen molar-refractivity contribution in [3.05, 3.63) is 59.9 Å². The number of nitrogens with zero attached hydrogens (tertiary/aromatic N) is 1.